The van der Waals surface area contributed by atoms with Crippen LogP contribution < -0.4 is 10.6 Å². The normalized spacial score (nSPS) is 14.7. The molecule has 28 heavy (non-hydrogen) atoms. The molecule has 2 aromatic carbocycles. The molecule has 6 heteroatoms. The van der Waals surface area contributed by atoms with Crippen molar-refractivity contribution in [3.8, 4) is 0 Å². The summed E-state index contributed by atoms with van der Waals surface area (Å²) in [6.07, 6.45) is -0.288. The molecular weight excluding hydrogens is 354 g/mol. The van der Waals surface area contributed by atoms with Gasteiger partial charge in [-0.05, 0) is 39.0 Å². The highest BCUT2D eigenvalue weighted by Crippen LogP contribution is 2.27. The van der Waals surface area contributed by atoms with Crippen LogP contribution in [0, 0.1) is 0 Å². The van der Waals surface area contributed by atoms with Crippen LogP contribution in [-0.4, -0.2) is 48.6 Å². The van der Waals surface area contributed by atoms with Crippen molar-refractivity contribution in [2.24, 2.45) is 0 Å². The molecule has 0 unspecified atom stereocenters. The quantitative estimate of drug-likeness (QED) is 0.650. The Morgan fingerprint density at radius 2 is 1.57 bits per heavy atom. The number of hydrogen-bond acceptors (Lipinski definition) is 5. The monoisotopic (exact) mass is 381 g/mol. The minimum absolute atomic E-state index is 0.0476. The SMILES string of the molecule is CC(C)(C)OC(=O)N1CCN(c2ccc(C(=O)c3ccccc3)cc2N)CC1. The summed E-state index contributed by atoms with van der Waals surface area (Å²) < 4.78 is 5.43. The number of rotatable bonds is 3. The largest absolute Gasteiger partial charge is 0.444 e. The summed E-state index contributed by atoms with van der Waals surface area (Å²) in [5.41, 5.74) is 8.40. The molecule has 6 nitrogen and oxygen atoms in total. The van der Waals surface area contributed by atoms with Gasteiger partial charge >= 0.3 is 6.09 Å². The van der Waals surface area contributed by atoms with Crippen LogP contribution >= 0.6 is 0 Å². The van der Waals surface area contributed by atoms with E-state index < -0.39 is 5.60 Å². The minimum atomic E-state index is -0.500. The van der Waals surface area contributed by atoms with E-state index in [1.165, 1.54) is 0 Å². The van der Waals surface area contributed by atoms with Gasteiger partial charge in [-0.15, -0.1) is 0 Å². The Hall–Kier alpha value is -3.02. The number of hydrogen-bond donors (Lipinski definition) is 1. The van der Waals surface area contributed by atoms with Gasteiger partial charge in [-0.2, -0.15) is 0 Å². The molecule has 0 spiro atoms. The minimum Gasteiger partial charge on any atom is -0.444 e. The lowest BCUT2D eigenvalue weighted by atomic mass is 10.0. The number of carbonyl (C=O) groups is 2. The predicted molar refractivity (Wildman–Crippen MR) is 111 cm³/mol. The highest BCUT2D eigenvalue weighted by Gasteiger charge is 2.26. The van der Waals surface area contributed by atoms with Gasteiger partial charge in [-0.3, -0.25) is 4.79 Å². The summed E-state index contributed by atoms with van der Waals surface area (Å²) >= 11 is 0. The molecule has 0 bridgehead atoms. The highest BCUT2D eigenvalue weighted by molar-refractivity contribution is 6.09. The molecule has 1 fully saturated rings. The van der Waals surface area contributed by atoms with Crippen LogP contribution in [0.1, 0.15) is 36.7 Å². The van der Waals surface area contributed by atoms with Gasteiger partial charge in [0.25, 0.3) is 0 Å². The Kier molecular flexibility index (Phi) is 5.58. The molecule has 3 rings (SSSR count). The lowest BCUT2D eigenvalue weighted by Crippen LogP contribution is -2.50. The van der Waals surface area contributed by atoms with Gasteiger partial charge in [0.2, 0.25) is 0 Å². The number of benzene rings is 2. The average Bonchev–Trinajstić information content (AvgIpc) is 2.67. The zero-order valence-corrected chi connectivity index (χ0v) is 16.6. The average molecular weight is 381 g/mol. The molecule has 1 aliphatic heterocycles. The molecule has 0 radical (unpaired) electrons. The molecule has 2 aromatic rings. The summed E-state index contributed by atoms with van der Waals surface area (Å²) in [6.45, 7) is 8.05. The number of anilines is 2. The molecule has 0 atom stereocenters. The van der Waals surface area contributed by atoms with Crippen molar-refractivity contribution >= 4 is 23.3 Å². The first-order valence-corrected chi connectivity index (χ1v) is 9.47. The molecule has 0 saturated carbocycles. The first-order valence-electron chi connectivity index (χ1n) is 9.47. The van der Waals surface area contributed by atoms with Crippen LogP contribution in [0.5, 0.6) is 0 Å². The number of piperazine rings is 1. The fourth-order valence-electron chi connectivity index (χ4n) is 3.20. The third kappa shape index (κ3) is 4.63. The molecule has 148 valence electrons. The van der Waals surface area contributed by atoms with E-state index in [1.54, 1.807) is 29.2 Å². The van der Waals surface area contributed by atoms with Gasteiger partial charge in [-0.25, -0.2) is 4.79 Å². The smallest absolute Gasteiger partial charge is 0.410 e. The highest BCUT2D eigenvalue weighted by atomic mass is 16.6. The van der Waals surface area contributed by atoms with Crippen LogP contribution in [0.4, 0.5) is 16.2 Å². The summed E-state index contributed by atoms with van der Waals surface area (Å²) in [7, 11) is 0. The Morgan fingerprint density at radius 1 is 0.929 bits per heavy atom. The number of ketones is 1. The van der Waals surface area contributed by atoms with Gasteiger partial charge in [-0.1, -0.05) is 30.3 Å². The first kappa shape index (κ1) is 19.7. The van der Waals surface area contributed by atoms with Crippen molar-refractivity contribution < 1.29 is 14.3 Å². The predicted octanol–water partition coefficient (Wildman–Crippen LogP) is 3.56. The summed E-state index contributed by atoms with van der Waals surface area (Å²) in [4.78, 5) is 28.6. The Balaban J connectivity index is 1.66. The van der Waals surface area contributed by atoms with E-state index in [0.717, 1.165) is 5.69 Å². The Morgan fingerprint density at radius 3 is 2.14 bits per heavy atom. The third-order valence-corrected chi connectivity index (χ3v) is 4.60. The van der Waals surface area contributed by atoms with E-state index in [9.17, 15) is 9.59 Å². The van der Waals surface area contributed by atoms with Crippen molar-refractivity contribution in [3.63, 3.8) is 0 Å². The van der Waals surface area contributed by atoms with Crippen LogP contribution in [0.3, 0.4) is 0 Å². The molecule has 1 saturated heterocycles. The van der Waals surface area contributed by atoms with Gasteiger partial charge in [0.15, 0.2) is 5.78 Å². The maximum absolute atomic E-state index is 12.6. The standard InChI is InChI=1S/C22H27N3O3/c1-22(2,3)28-21(27)25-13-11-24(12-14-25)19-10-9-17(15-18(19)23)20(26)16-7-5-4-6-8-16/h4-10,15H,11-14,23H2,1-3H3. The molecular formula is C22H27N3O3. The molecule has 2 N–H and O–H groups in total. The van der Waals surface area contributed by atoms with E-state index in [-0.39, 0.29) is 11.9 Å². The zero-order valence-electron chi connectivity index (χ0n) is 16.6. The first-order chi connectivity index (χ1) is 13.2. The van der Waals surface area contributed by atoms with Gasteiger partial charge < -0.3 is 20.3 Å². The number of nitrogen functional groups attached to an aromatic ring is 1. The van der Waals surface area contributed by atoms with Crippen LogP contribution in [0.2, 0.25) is 0 Å². The summed E-state index contributed by atoms with van der Waals surface area (Å²) in [6, 6.07) is 14.6. The second-order valence-corrected chi connectivity index (χ2v) is 7.92. The Labute approximate surface area is 165 Å². The molecule has 1 amide bonds. The fourth-order valence-corrected chi connectivity index (χ4v) is 3.20. The van der Waals surface area contributed by atoms with Gasteiger partial charge in [0, 0.05) is 37.3 Å². The molecule has 1 aliphatic rings. The lowest BCUT2D eigenvalue weighted by molar-refractivity contribution is 0.0240. The van der Waals surface area contributed by atoms with Crippen molar-refractivity contribution in [2.45, 2.75) is 26.4 Å². The second-order valence-electron chi connectivity index (χ2n) is 7.92. The zero-order chi connectivity index (χ0) is 20.3. The number of nitrogens with two attached hydrogens (primary N) is 1. The van der Waals surface area contributed by atoms with Crippen LogP contribution in [-0.2, 0) is 4.74 Å². The van der Waals surface area contributed by atoms with E-state index in [4.69, 9.17) is 10.5 Å². The van der Waals surface area contributed by atoms with E-state index in [2.05, 4.69) is 4.90 Å². The molecule has 0 aliphatic carbocycles. The number of nitrogens with zero attached hydrogens (tertiary/aromatic N) is 2. The second kappa shape index (κ2) is 7.92. The van der Waals surface area contributed by atoms with Crippen molar-refractivity contribution in [3.05, 3.63) is 59.7 Å². The molecule has 0 aromatic heterocycles. The maximum Gasteiger partial charge on any atom is 0.410 e. The number of ether oxygens (including phenoxy) is 1. The third-order valence-electron chi connectivity index (χ3n) is 4.60. The number of amides is 1. The molecule has 1 heterocycles. The van der Waals surface area contributed by atoms with Crippen molar-refractivity contribution in [2.75, 3.05) is 36.8 Å². The fraction of sp³-hybridized carbons (Fsp3) is 0.364. The van der Waals surface area contributed by atoms with E-state index >= 15 is 0 Å². The summed E-state index contributed by atoms with van der Waals surface area (Å²) in [5, 5.41) is 0. The van der Waals surface area contributed by atoms with Gasteiger partial charge in [0.1, 0.15) is 5.60 Å². The Bertz CT molecular complexity index is 851. The van der Waals surface area contributed by atoms with Crippen molar-refractivity contribution in [1.29, 1.82) is 0 Å². The summed E-state index contributed by atoms with van der Waals surface area (Å²) in [5.74, 6) is -0.0476. The maximum atomic E-state index is 12.6. The topological polar surface area (TPSA) is 75.9 Å². The lowest BCUT2D eigenvalue weighted by Gasteiger charge is -2.37. The van der Waals surface area contributed by atoms with E-state index in [0.29, 0.717) is 43.0 Å². The van der Waals surface area contributed by atoms with Crippen molar-refractivity contribution in [1.82, 2.24) is 4.90 Å². The number of carbonyl (C=O) groups excluding carboxylic acids is 2. The van der Waals surface area contributed by atoms with Crippen LogP contribution in [0.25, 0.3) is 0 Å². The van der Waals surface area contributed by atoms with Crippen LogP contribution in [0.15, 0.2) is 48.5 Å². The van der Waals surface area contributed by atoms with Gasteiger partial charge in [0.05, 0.1) is 11.4 Å². The van der Waals surface area contributed by atoms with E-state index in [1.807, 2.05) is 45.0 Å².